The molecule has 1 fully saturated rings. The summed E-state index contributed by atoms with van der Waals surface area (Å²) in [5, 5.41) is 8.63. The minimum Gasteiger partial charge on any atom is -0.494 e. The Hall–Kier alpha value is -4.38. The summed E-state index contributed by atoms with van der Waals surface area (Å²) in [5.74, 6) is -0.443. The van der Waals surface area contributed by atoms with E-state index in [4.69, 9.17) is 4.74 Å². The standard InChI is InChI=1S/C24H23N7O4/c1-35-19-14-26-23(31-27-7-8-28-31)21-20(19)17(13-25-21)22(33)18(32)15-29-9-11-30(12-10-29)24(34)16-5-3-2-4-6-16/h2-8,13-14,25H,9-12,15H2,1H3. The third-order valence-corrected chi connectivity index (χ3v) is 6.03. The number of carbonyl (C=O) groups is 3. The number of fused-ring (bicyclic) bond motifs is 1. The normalized spacial score (nSPS) is 14.3. The average Bonchev–Trinajstić information content (AvgIpc) is 3.59. The highest BCUT2D eigenvalue weighted by molar-refractivity contribution is 6.46. The fourth-order valence-electron chi connectivity index (χ4n) is 4.21. The van der Waals surface area contributed by atoms with Crippen LogP contribution in [0.3, 0.4) is 0 Å². The Morgan fingerprint density at radius 3 is 2.43 bits per heavy atom. The number of H-pyrrole nitrogens is 1. The first-order valence-corrected chi connectivity index (χ1v) is 11.1. The van der Waals surface area contributed by atoms with Crippen molar-refractivity contribution in [3.8, 4) is 11.6 Å². The number of hydrogen-bond acceptors (Lipinski definition) is 8. The molecule has 0 bridgehead atoms. The van der Waals surface area contributed by atoms with Crippen LogP contribution in [0.5, 0.6) is 5.75 Å². The molecule has 4 aromatic rings. The van der Waals surface area contributed by atoms with Crippen LogP contribution in [-0.4, -0.2) is 92.1 Å². The summed E-state index contributed by atoms with van der Waals surface area (Å²) in [7, 11) is 1.47. The van der Waals surface area contributed by atoms with E-state index in [0.717, 1.165) is 0 Å². The number of methoxy groups -OCH3 is 1. The Balaban J connectivity index is 1.29. The van der Waals surface area contributed by atoms with Crippen molar-refractivity contribution in [2.24, 2.45) is 0 Å². The summed E-state index contributed by atoms with van der Waals surface area (Å²) >= 11 is 0. The summed E-state index contributed by atoms with van der Waals surface area (Å²) in [5.41, 5.74) is 1.33. The molecular formula is C24H23N7O4. The number of nitrogens with one attached hydrogen (secondary N) is 1. The van der Waals surface area contributed by atoms with Gasteiger partial charge in [-0.1, -0.05) is 18.2 Å². The van der Waals surface area contributed by atoms with Crippen molar-refractivity contribution in [3.05, 3.63) is 66.2 Å². The van der Waals surface area contributed by atoms with E-state index in [1.165, 1.54) is 36.7 Å². The lowest BCUT2D eigenvalue weighted by molar-refractivity contribution is -0.116. The topological polar surface area (TPSA) is 126 Å². The number of amides is 1. The SMILES string of the molecule is COc1cnc(-n2nccn2)c2[nH]cc(C(=O)C(=O)CN3CCN(C(=O)c4ccccc4)CC3)c12. The summed E-state index contributed by atoms with van der Waals surface area (Å²) < 4.78 is 5.41. The number of ketones is 2. The highest BCUT2D eigenvalue weighted by Crippen LogP contribution is 2.31. The molecule has 11 nitrogen and oxygen atoms in total. The van der Waals surface area contributed by atoms with Crippen LogP contribution in [0.1, 0.15) is 20.7 Å². The molecule has 3 aromatic heterocycles. The van der Waals surface area contributed by atoms with Crippen LogP contribution in [0.15, 0.2) is 55.1 Å². The third kappa shape index (κ3) is 4.28. The van der Waals surface area contributed by atoms with Gasteiger partial charge in [0.15, 0.2) is 5.82 Å². The Bertz CT molecular complexity index is 1370. The molecule has 1 saturated heterocycles. The number of piperazine rings is 1. The van der Waals surface area contributed by atoms with Crippen LogP contribution < -0.4 is 4.74 Å². The van der Waals surface area contributed by atoms with Gasteiger partial charge in [-0.25, -0.2) is 4.98 Å². The molecule has 5 rings (SSSR count). The van der Waals surface area contributed by atoms with Crippen molar-refractivity contribution in [3.63, 3.8) is 0 Å². The number of hydrogen-bond donors (Lipinski definition) is 1. The lowest BCUT2D eigenvalue weighted by atomic mass is 10.1. The van der Waals surface area contributed by atoms with Gasteiger partial charge in [0.05, 0.1) is 48.7 Å². The summed E-state index contributed by atoms with van der Waals surface area (Å²) in [6, 6.07) is 9.10. The van der Waals surface area contributed by atoms with Gasteiger partial charge in [0, 0.05) is 37.9 Å². The Labute approximate surface area is 200 Å². The lowest BCUT2D eigenvalue weighted by Gasteiger charge is -2.34. The second kappa shape index (κ2) is 9.47. The number of rotatable bonds is 7. The highest BCUT2D eigenvalue weighted by Gasteiger charge is 2.28. The van der Waals surface area contributed by atoms with E-state index in [0.29, 0.717) is 54.2 Å². The van der Waals surface area contributed by atoms with Gasteiger partial charge in [-0.05, 0) is 12.1 Å². The van der Waals surface area contributed by atoms with Crippen molar-refractivity contribution >= 4 is 28.4 Å². The van der Waals surface area contributed by atoms with Crippen LogP contribution in [0.4, 0.5) is 0 Å². The predicted molar refractivity (Wildman–Crippen MR) is 126 cm³/mol. The van der Waals surface area contributed by atoms with E-state index in [1.807, 2.05) is 23.1 Å². The van der Waals surface area contributed by atoms with Crippen molar-refractivity contribution in [1.29, 1.82) is 0 Å². The van der Waals surface area contributed by atoms with Gasteiger partial charge in [0.1, 0.15) is 5.75 Å². The number of aromatic amines is 1. The first-order chi connectivity index (χ1) is 17.1. The predicted octanol–water partition coefficient (Wildman–Crippen LogP) is 1.36. The minimum absolute atomic E-state index is 0.0279. The molecule has 0 saturated carbocycles. The maximum absolute atomic E-state index is 13.1. The van der Waals surface area contributed by atoms with Crippen LogP contribution in [0, 0.1) is 0 Å². The number of benzene rings is 1. The number of aromatic nitrogens is 5. The molecular weight excluding hydrogens is 450 g/mol. The smallest absolute Gasteiger partial charge is 0.253 e. The monoisotopic (exact) mass is 473 g/mol. The first kappa shape index (κ1) is 22.4. The van der Waals surface area contributed by atoms with Gasteiger partial charge < -0.3 is 14.6 Å². The molecule has 1 aromatic carbocycles. The maximum Gasteiger partial charge on any atom is 0.253 e. The first-order valence-electron chi connectivity index (χ1n) is 11.1. The van der Waals surface area contributed by atoms with Gasteiger partial charge in [-0.2, -0.15) is 10.2 Å². The van der Waals surface area contributed by atoms with Crippen molar-refractivity contribution in [1.82, 2.24) is 34.8 Å². The molecule has 0 aliphatic carbocycles. The number of nitrogens with zero attached hydrogens (tertiary/aromatic N) is 6. The van der Waals surface area contributed by atoms with Crippen LogP contribution in [-0.2, 0) is 4.79 Å². The van der Waals surface area contributed by atoms with Gasteiger partial charge in [-0.3, -0.25) is 19.3 Å². The molecule has 1 aliphatic heterocycles. The van der Waals surface area contributed by atoms with E-state index in [9.17, 15) is 14.4 Å². The van der Waals surface area contributed by atoms with Gasteiger partial charge in [0.25, 0.3) is 5.91 Å². The van der Waals surface area contributed by atoms with E-state index in [-0.39, 0.29) is 18.0 Å². The Kier molecular flexibility index (Phi) is 6.06. The van der Waals surface area contributed by atoms with Gasteiger partial charge in [-0.15, -0.1) is 4.80 Å². The fraction of sp³-hybridized carbons (Fsp3) is 0.250. The quantitative estimate of drug-likeness (QED) is 0.315. The van der Waals surface area contributed by atoms with Gasteiger partial charge in [0.2, 0.25) is 11.6 Å². The largest absolute Gasteiger partial charge is 0.494 e. The molecule has 0 atom stereocenters. The van der Waals surface area contributed by atoms with Crippen LogP contribution in [0.2, 0.25) is 0 Å². The number of Topliss-reactive ketones (excluding diaryl/α,β-unsaturated/α-hetero) is 2. The van der Waals surface area contributed by atoms with E-state index < -0.39 is 11.6 Å². The molecule has 1 amide bonds. The molecule has 35 heavy (non-hydrogen) atoms. The zero-order valence-electron chi connectivity index (χ0n) is 19.0. The molecule has 11 heteroatoms. The minimum atomic E-state index is -0.622. The zero-order valence-corrected chi connectivity index (χ0v) is 19.0. The van der Waals surface area contributed by atoms with E-state index in [2.05, 4.69) is 20.2 Å². The number of carbonyl (C=O) groups excluding carboxylic acids is 3. The third-order valence-electron chi connectivity index (χ3n) is 6.03. The van der Waals surface area contributed by atoms with Gasteiger partial charge >= 0.3 is 0 Å². The molecule has 1 N–H and O–H groups in total. The average molecular weight is 473 g/mol. The molecule has 0 spiro atoms. The molecule has 178 valence electrons. The highest BCUT2D eigenvalue weighted by atomic mass is 16.5. The molecule has 4 heterocycles. The van der Waals surface area contributed by atoms with Crippen molar-refractivity contribution in [2.75, 3.05) is 39.8 Å². The van der Waals surface area contributed by atoms with Crippen molar-refractivity contribution < 1.29 is 19.1 Å². The molecule has 1 aliphatic rings. The van der Waals surface area contributed by atoms with Crippen LogP contribution in [0.25, 0.3) is 16.7 Å². The number of ether oxygens (including phenoxy) is 1. The van der Waals surface area contributed by atoms with E-state index >= 15 is 0 Å². The summed E-state index contributed by atoms with van der Waals surface area (Å²) in [6.07, 6.45) is 5.99. The Morgan fingerprint density at radius 1 is 1.03 bits per heavy atom. The van der Waals surface area contributed by atoms with Crippen LogP contribution >= 0.6 is 0 Å². The summed E-state index contributed by atoms with van der Waals surface area (Å²) in [6.45, 7) is 1.96. The maximum atomic E-state index is 13.1. The summed E-state index contributed by atoms with van der Waals surface area (Å²) in [4.78, 5) is 51.0. The van der Waals surface area contributed by atoms with E-state index in [1.54, 1.807) is 17.0 Å². The Morgan fingerprint density at radius 2 is 1.74 bits per heavy atom. The fourth-order valence-corrected chi connectivity index (χ4v) is 4.21. The second-order valence-corrected chi connectivity index (χ2v) is 8.11. The second-order valence-electron chi connectivity index (χ2n) is 8.11. The van der Waals surface area contributed by atoms with Crippen molar-refractivity contribution in [2.45, 2.75) is 0 Å². The molecule has 0 unspecified atom stereocenters. The zero-order chi connectivity index (χ0) is 24.4. The lowest BCUT2D eigenvalue weighted by Crippen LogP contribution is -2.50. The number of pyridine rings is 1. The molecule has 0 radical (unpaired) electrons.